The van der Waals surface area contributed by atoms with E-state index in [9.17, 15) is 4.79 Å². The molecule has 0 radical (unpaired) electrons. The number of carbonyl (C=O) groups excluding carboxylic acids is 1. The highest BCUT2D eigenvalue weighted by atomic mass is 32.1. The van der Waals surface area contributed by atoms with E-state index < -0.39 is 12.5 Å². The number of fused-ring (bicyclic) bond motifs is 3. The first-order valence-electron chi connectivity index (χ1n) is 10.7. The van der Waals surface area contributed by atoms with Gasteiger partial charge in [0.1, 0.15) is 13.7 Å². The van der Waals surface area contributed by atoms with Gasteiger partial charge in [0.05, 0.1) is 33.9 Å². The van der Waals surface area contributed by atoms with Crippen molar-refractivity contribution in [1.82, 2.24) is 19.7 Å². The maximum atomic E-state index is 11.7. The number of benzene rings is 1. The molecule has 10 heteroatoms. The normalized spacial score (nSPS) is 12.4. The lowest BCUT2D eigenvalue weighted by Crippen LogP contribution is -2.15. The van der Waals surface area contributed by atoms with Gasteiger partial charge < -0.3 is 9.94 Å². The molecule has 0 saturated carbocycles. The lowest BCUT2D eigenvalue weighted by molar-refractivity contribution is -0.118. The zero-order chi connectivity index (χ0) is 23.7. The van der Waals surface area contributed by atoms with Crippen LogP contribution in [0.1, 0.15) is 22.5 Å². The number of aliphatic hydroxyl groups is 1. The van der Waals surface area contributed by atoms with Gasteiger partial charge in [-0.2, -0.15) is 5.10 Å². The quantitative estimate of drug-likeness (QED) is 0.327. The predicted octanol–water partition coefficient (Wildman–Crippen LogP) is 3.38. The summed E-state index contributed by atoms with van der Waals surface area (Å²) in [6, 6.07) is 11.9. The number of hydrogen-bond donors (Lipinski definition) is 2. The second-order valence-corrected chi connectivity index (χ2v) is 8.78. The standard InChI is InChI=1S/C24H22N6O3S/c1-14-3-6-16(12-25-14)21-18-9-10-19-23(34-24(27-19)28-20(32)13-31)22(18)30(29-21)17-7-4-15(5-8-17)11-26-33-2/h3-8,11-12,31H,9-10,13H2,1-2H3,(H,27,28,32)/b26-11+. The van der Waals surface area contributed by atoms with Gasteiger partial charge in [0.15, 0.2) is 5.13 Å². The van der Waals surface area contributed by atoms with Gasteiger partial charge in [-0.15, -0.1) is 0 Å². The van der Waals surface area contributed by atoms with E-state index in [2.05, 4.69) is 20.4 Å². The number of anilines is 1. The van der Waals surface area contributed by atoms with Gasteiger partial charge in [-0.3, -0.25) is 15.1 Å². The lowest BCUT2D eigenvalue weighted by atomic mass is 9.95. The average Bonchev–Trinajstić information content (AvgIpc) is 3.44. The molecule has 0 unspecified atom stereocenters. The fraction of sp³-hybridized carbons (Fsp3) is 0.208. The van der Waals surface area contributed by atoms with E-state index in [1.807, 2.05) is 54.2 Å². The maximum Gasteiger partial charge on any atom is 0.251 e. The molecular formula is C24H22N6O3S. The highest BCUT2D eigenvalue weighted by Crippen LogP contribution is 2.44. The smallest absolute Gasteiger partial charge is 0.251 e. The summed E-state index contributed by atoms with van der Waals surface area (Å²) in [4.78, 5) is 26.5. The molecule has 34 heavy (non-hydrogen) atoms. The molecule has 5 rings (SSSR count). The third kappa shape index (κ3) is 4.09. The lowest BCUT2D eigenvalue weighted by Gasteiger charge is -2.14. The maximum absolute atomic E-state index is 11.7. The van der Waals surface area contributed by atoms with Gasteiger partial charge in [-0.05, 0) is 49.6 Å². The number of aromatic nitrogens is 4. The topological polar surface area (TPSA) is 115 Å². The molecule has 9 nitrogen and oxygen atoms in total. The second kappa shape index (κ2) is 9.16. The summed E-state index contributed by atoms with van der Waals surface area (Å²) < 4.78 is 1.93. The Balaban J connectivity index is 1.65. The first kappa shape index (κ1) is 21.9. The van der Waals surface area contributed by atoms with Gasteiger partial charge >= 0.3 is 0 Å². The summed E-state index contributed by atoms with van der Waals surface area (Å²) >= 11 is 1.39. The monoisotopic (exact) mass is 474 g/mol. The molecule has 3 aromatic heterocycles. The fourth-order valence-electron chi connectivity index (χ4n) is 3.92. The molecule has 2 N–H and O–H groups in total. The number of hydrogen-bond acceptors (Lipinski definition) is 8. The highest BCUT2D eigenvalue weighted by Gasteiger charge is 2.30. The second-order valence-electron chi connectivity index (χ2n) is 7.79. The molecule has 0 fully saturated rings. The van der Waals surface area contributed by atoms with E-state index >= 15 is 0 Å². The highest BCUT2D eigenvalue weighted by molar-refractivity contribution is 7.19. The summed E-state index contributed by atoms with van der Waals surface area (Å²) in [5, 5.41) is 21.1. The van der Waals surface area contributed by atoms with Crippen molar-refractivity contribution in [2.24, 2.45) is 5.16 Å². The van der Waals surface area contributed by atoms with E-state index in [-0.39, 0.29) is 0 Å². The van der Waals surface area contributed by atoms with Gasteiger partial charge in [0.2, 0.25) is 0 Å². The number of carbonyl (C=O) groups is 1. The number of thiazole rings is 1. The zero-order valence-corrected chi connectivity index (χ0v) is 19.5. The molecule has 1 aromatic carbocycles. The minimum absolute atomic E-state index is 0.467. The largest absolute Gasteiger partial charge is 0.399 e. The van der Waals surface area contributed by atoms with Gasteiger partial charge in [-0.25, -0.2) is 9.67 Å². The summed E-state index contributed by atoms with van der Waals surface area (Å²) in [5.74, 6) is -0.487. The minimum atomic E-state index is -0.587. The van der Waals surface area contributed by atoms with E-state index in [0.29, 0.717) is 5.13 Å². The Morgan fingerprint density at radius 1 is 1.26 bits per heavy atom. The Bertz CT molecular complexity index is 1370. The molecule has 3 heterocycles. The van der Waals surface area contributed by atoms with Crippen molar-refractivity contribution in [3.8, 4) is 27.5 Å². The van der Waals surface area contributed by atoms with E-state index in [0.717, 1.165) is 62.9 Å². The molecule has 1 aliphatic rings. The van der Waals surface area contributed by atoms with Crippen LogP contribution < -0.4 is 5.32 Å². The third-order valence-corrected chi connectivity index (χ3v) is 6.55. The number of nitrogens with one attached hydrogen (secondary N) is 1. The van der Waals surface area contributed by atoms with Crippen molar-refractivity contribution in [3.05, 3.63) is 65.1 Å². The van der Waals surface area contributed by atoms with Crippen LogP contribution in [-0.2, 0) is 22.5 Å². The third-order valence-electron chi connectivity index (χ3n) is 5.53. The van der Waals surface area contributed by atoms with Crippen molar-refractivity contribution >= 4 is 28.6 Å². The van der Waals surface area contributed by atoms with E-state index in [1.165, 1.54) is 18.4 Å². The van der Waals surface area contributed by atoms with Crippen LogP contribution in [0.5, 0.6) is 0 Å². The van der Waals surface area contributed by atoms with Gasteiger partial charge in [0, 0.05) is 23.0 Å². The van der Waals surface area contributed by atoms with Crippen LogP contribution >= 0.6 is 11.3 Å². The molecule has 0 atom stereocenters. The van der Waals surface area contributed by atoms with Crippen LogP contribution in [-0.4, -0.2) is 50.7 Å². The summed E-state index contributed by atoms with van der Waals surface area (Å²) in [5.41, 5.74) is 7.55. The summed E-state index contributed by atoms with van der Waals surface area (Å²) in [7, 11) is 1.51. The fourth-order valence-corrected chi connectivity index (χ4v) is 5.01. The number of aliphatic hydroxyl groups excluding tert-OH is 1. The Morgan fingerprint density at radius 2 is 2.09 bits per heavy atom. The molecule has 0 spiro atoms. The Labute approximate surface area is 199 Å². The van der Waals surface area contributed by atoms with Crippen molar-refractivity contribution in [2.45, 2.75) is 19.8 Å². The van der Waals surface area contributed by atoms with E-state index in [1.54, 1.807) is 6.21 Å². The average molecular weight is 475 g/mol. The Kier molecular flexibility index (Phi) is 5.91. The first-order chi connectivity index (χ1) is 16.6. The Hall–Kier alpha value is -3.89. The number of pyridine rings is 1. The van der Waals surface area contributed by atoms with Crippen molar-refractivity contribution < 1.29 is 14.7 Å². The van der Waals surface area contributed by atoms with Crippen molar-refractivity contribution in [3.63, 3.8) is 0 Å². The van der Waals surface area contributed by atoms with Crippen LogP contribution in [0.2, 0.25) is 0 Å². The van der Waals surface area contributed by atoms with Crippen molar-refractivity contribution in [2.75, 3.05) is 19.0 Å². The first-order valence-corrected chi connectivity index (χ1v) is 11.5. The van der Waals surface area contributed by atoms with Crippen LogP contribution in [0.3, 0.4) is 0 Å². The molecule has 1 amide bonds. The molecule has 4 aromatic rings. The van der Waals surface area contributed by atoms with Crippen LogP contribution in [0.4, 0.5) is 5.13 Å². The molecular weight excluding hydrogens is 452 g/mol. The molecule has 0 aliphatic heterocycles. The Morgan fingerprint density at radius 3 is 2.79 bits per heavy atom. The minimum Gasteiger partial charge on any atom is -0.399 e. The number of rotatable bonds is 6. The SMILES string of the molecule is CO/N=C/c1ccc(-n2nc(-c3ccc(C)nc3)c3c2-c2sc(NC(=O)CO)nc2CC3)cc1. The molecule has 0 bridgehead atoms. The molecule has 0 saturated heterocycles. The van der Waals surface area contributed by atoms with Crippen LogP contribution in [0.25, 0.3) is 27.5 Å². The molecule has 172 valence electrons. The summed E-state index contributed by atoms with van der Waals surface area (Å²) in [6.45, 7) is 1.37. The van der Waals surface area contributed by atoms with Crippen LogP contribution in [0, 0.1) is 6.92 Å². The number of oxime groups is 1. The molecule has 1 aliphatic carbocycles. The zero-order valence-electron chi connectivity index (χ0n) is 18.6. The van der Waals surface area contributed by atoms with Crippen LogP contribution in [0.15, 0.2) is 47.8 Å². The number of amides is 1. The summed E-state index contributed by atoms with van der Waals surface area (Å²) in [6.07, 6.45) is 4.99. The van der Waals surface area contributed by atoms with E-state index in [4.69, 9.17) is 15.0 Å². The van der Waals surface area contributed by atoms with Gasteiger partial charge in [-0.1, -0.05) is 28.6 Å². The van der Waals surface area contributed by atoms with Gasteiger partial charge in [0.25, 0.3) is 5.91 Å². The number of nitrogens with zero attached hydrogens (tertiary/aromatic N) is 5. The van der Waals surface area contributed by atoms with Crippen molar-refractivity contribution in [1.29, 1.82) is 0 Å². The predicted molar refractivity (Wildman–Crippen MR) is 130 cm³/mol. The number of aryl methyl sites for hydroxylation is 2.